The van der Waals surface area contributed by atoms with E-state index in [1.165, 1.54) is 6.07 Å². The number of rotatable bonds is 4. The highest BCUT2D eigenvalue weighted by Gasteiger charge is 2.20. The lowest BCUT2D eigenvalue weighted by atomic mass is 10.1. The zero-order valence-electron chi connectivity index (χ0n) is 9.27. The number of primary sulfonamides is 1. The Balaban J connectivity index is 3.16. The maximum atomic E-state index is 11.3. The maximum Gasteiger partial charge on any atom is 0.240 e. The summed E-state index contributed by atoms with van der Waals surface area (Å²) < 4.78 is 22.6. The number of hydrogen-bond acceptors (Lipinski definition) is 4. The van der Waals surface area contributed by atoms with Crippen LogP contribution < -0.4 is 10.5 Å². The molecular formula is C10H16N2O3S. The van der Waals surface area contributed by atoms with Gasteiger partial charge in [0.05, 0.1) is 17.8 Å². The standard InChI is InChI=1S/C10H16N2O3S/c1-10(2,7-13)12-8-5-3-4-6-9(8)16(11,14)15/h3-6,12-13H,7H2,1-2H3,(H2,11,14,15). The molecule has 0 saturated carbocycles. The van der Waals surface area contributed by atoms with Crippen LogP contribution in [0.15, 0.2) is 29.2 Å². The summed E-state index contributed by atoms with van der Waals surface area (Å²) in [5.41, 5.74) is -0.218. The molecule has 0 aliphatic carbocycles. The monoisotopic (exact) mass is 244 g/mol. The smallest absolute Gasteiger partial charge is 0.240 e. The van der Waals surface area contributed by atoms with Gasteiger partial charge >= 0.3 is 0 Å². The summed E-state index contributed by atoms with van der Waals surface area (Å²) in [6, 6.07) is 6.32. The predicted molar refractivity (Wildman–Crippen MR) is 62.6 cm³/mol. The summed E-state index contributed by atoms with van der Waals surface area (Å²) in [4.78, 5) is 0.0246. The molecule has 0 aromatic heterocycles. The van der Waals surface area contributed by atoms with E-state index >= 15 is 0 Å². The molecule has 0 fully saturated rings. The largest absolute Gasteiger partial charge is 0.394 e. The summed E-state index contributed by atoms with van der Waals surface area (Å²) in [6.07, 6.45) is 0. The summed E-state index contributed by atoms with van der Waals surface area (Å²) >= 11 is 0. The molecular weight excluding hydrogens is 228 g/mol. The number of benzene rings is 1. The number of anilines is 1. The summed E-state index contributed by atoms with van der Waals surface area (Å²) in [7, 11) is -3.76. The molecule has 0 aliphatic rings. The fourth-order valence-electron chi connectivity index (χ4n) is 1.22. The first-order valence-electron chi connectivity index (χ1n) is 4.77. The number of aliphatic hydroxyl groups excluding tert-OH is 1. The van der Waals surface area contributed by atoms with Crippen molar-refractivity contribution in [3.05, 3.63) is 24.3 Å². The highest BCUT2D eigenvalue weighted by atomic mass is 32.2. The van der Waals surface area contributed by atoms with E-state index in [9.17, 15) is 8.42 Å². The predicted octanol–water partition coefficient (Wildman–Crippen LogP) is 0.517. The Kier molecular flexibility index (Phi) is 3.57. The topological polar surface area (TPSA) is 92.4 Å². The summed E-state index contributed by atoms with van der Waals surface area (Å²) in [5.74, 6) is 0. The van der Waals surface area contributed by atoms with E-state index < -0.39 is 15.6 Å². The molecule has 4 N–H and O–H groups in total. The van der Waals surface area contributed by atoms with Crippen molar-refractivity contribution >= 4 is 15.7 Å². The van der Waals surface area contributed by atoms with Gasteiger partial charge in [-0.3, -0.25) is 0 Å². The van der Waals surface area contributed by atoms with Crippen LogP contribution in [0.4, 0.5) is 5.69 Å². The SMILES string of the molecule is CC(C)(CO)Nc1ccccc1S(N)(=O)=O. The van der Waals surface area contributed by atoms with E-state index in [-0.39, 0.29) is 11.5 Å². The molecule has 0 radical (unpaired) electrons. The Morgan fingerprint density at radius 2 is 1.94 bits per heavy atom. The van der Waals surface area contributed by atoms with Crippen LogP contribution in [0, 0.1) is 0 Å². The van der Waals surface area contributed by atoms with Gasteiger partial charge < -0.3 is 10.4 Å². The lowest BCUT2D eigenvalue weighted by molar-refractivity contribution is 0.234. The normalized spacial score (nSPS) is 12.5. The number of nitrogens with two attached hydrogens (primary N) is 1. The van der Waals surface area contributed by atoms with Crippen LogP contribution in [0.3, 0.4) is 0 Å². The van der Waals surface area contributed by atoms with Crippen LogP contribution in [-0.4, -0.2) is 25.7 Å². The van der Waals surface area contributed by atoms with Crippen molar-refractivity contribution in [2.24, 2.45) is 5.14 Å². The van der Waals surface area contributed by atoms with E-state index in [4.69, 9.17) is 10.2 Å². The molecule has 0 amide bonds. The third-order valence-corrected chi connectivity index (χ3v) is 3.03. The van der Waals surface area contributed by atoms with Crippen molar-refractivity contribution in [2.75, 3.05) is 11.9 Å². The number of hydrogen-bond donors (Lipinski definition) is 3. The van der Waals surface area contributed by atoms with Gasteiger partial charge in [-0.2, -0.15) is 0 Å². The lowest BCUT2D eigenvalue weighted by Crippen LogP contribution is -2.35. The van der Waals surface area contributed by atoms with Gasteiger partial charge in [0.1, 0.15) is 4.90 Å². The minimum Gasteiger partial charge on any atom is -0.394 e. The molecule has 0 spiro atoms. The average Bonchev–Trinajstić information content (AvgIpc) is 2.16. The van der Waals surface area contributed by atoms with Gasteiger partial charge in [-0.1, -0.05) is 12.1 Å². The van der Waals surface area contributed by atoms with E-state index in [2.05, 4.69) is 5.32 Å². The molecule has 1 rings (SSSR count). The van der Waals surface area contributed by atoms with Crippen LogP contribution in [0.5, 0.6) is 0 Å². The summed E-state index contributed by atoms with van der Waals surface area (Å²) in [5, 5.41) is 17.1. The van der Waals surface area contributed by atoms with Crippen LogP contribution in [-0.2, 0) is 10.0 Å². The van der Waals surface area contributed by atoms with Crippen molar-refractivity contribution < 1.29 is 13.5 Å². The van der Waals surface area contributed by atoms with Gasteiger partial charge in [0.25, 0.3) is 0 Å². The molecule has 16 heavy (non-hydrogen) atoms. The van der Waals surface area contributed by atoms with Crippen LogP contribution in [0.2, 0.25) is 0 Å². The molecule has 0 heterocycles. The summed E-state index contributed by atoms with van der Waals surface area (Å²) in [6.45, 7) is 3.39. The first-order chi connectivity index (χ1) is 7.26. The third kappa shape index (κ3) is 3.19. The lowest BCUT2D eigenvalue weighted by Gasteiger charge is -2.26. The number of sulfonamides is 1. The first kappa shape index (κ1) is 13.0. The zero-order chi connectivity index (χ0) is 12.4. The Bertz CT molecular complexity index is 469. The Morgan fingerprint density at radius 1 is 1.38 bits per heavy atom. The highest BCUT2D eigenvalue weighted by Crippen LogP contribution is 2.22. The quantitative estimate of drug-likeness (QED) is 0.719. The van der Waals surface area contributed by atoms with E-state index in [1.54, 1.807) is 32.0 Å². The number of para-hydroxylation sites is 1. The second-order valence-corrected chi connectivity index (χ2v) is 5.74. The molecule has 6 heteroatoms. The first-order valence-corrected chi connectivity index (χ1v) is 6.32. The molecule has 1 aromatic carbocycles. The molecule has 0 aliphatic heterocycles. The molecule has 90 valence electrons. The van der Waals surface area contributed by atoms with Gasteiger partial charge in [0.15, 0.2) is 0 Å². The van der Waals surface area contributed by atoms with Crippen molar-refractivity contribution in [1.29, 1.82) is 0 Å². The van der Waals surface area contributed by atoms with Crippen molar-refractivity contribution in [1.82, 2.24) is 0 Å². The zero-order valence-corrected chi connectivity index (χ0v) is 10.1. The van der Waals surface area contributed by atoms with Crippen LogP contribution >= 0.6 is 0 Å². The van der Waals surface area contributed by atoms with Crippen molar-refractivity contribution in [2.45, 2.75) is 24.3 Å². The van der Waals surface area contributed by atoms with Crippen LogP contribution in [0.25, 0.3) is 0 Å². The molecule has 5 nitrogen and oxygen atoms in total. The van der Waals surface area contributed by atoms with Gasteiger partial charge in [0, 0.05) is 0 Å². The Hall–Kier alpha value is -1.11. The number of aliphatic hydroxyl groups is 1. The third-order valence-electron chi connectivity index (χ3n) is 2.06. The van der Waals surface area contributed by atoms with Crippen molar-refractivity contribution in [3.8, 4) is 0 Å². The highest BCUT2D eigenvalue weighted by molar-refractivity contribution is 7.89. The minimum atomic E-state index is -3.76. The molecule has 1 aromatic rings. The Labute approximate surface area is 95.3 Å². The molecule has 0 unspecified atom stereocenters. The van der Waals surface area contributed by atoms with Gasteiger partial charge in [-0.05, 0) is 26.0 Å². The molecule has 0 saturated heterocycles. The van der Waals surface area contributed by atoms with Gasteiger partial charge in [0.2, 0.25) is 10.0 Å². The van der Waals surface area contributed by atoms with Crippen molar-refractivity contribution in [3.63, 3.8) is 0 Å². The number of nitrogens with one attached hydrogen (secondary N) is 1. The Morgan fingerprint density at radius 3 is 2.44 bits per heavy atom. The van der Waals surface area contributed by atoms with E-state index in [0.29, 0.717) is 5.69 Å². The maximum absolute atomic E-state index is 11.3. The van der Waals surface area contributed by atoms with E-state index in [0.717, 1.165) is 0 Å². The van der Waals surface area contributed by atoms with Gasteiger partial charge in [-0.25, -0.2) is 13.6 Å². The second kappa shape index (κ2) is 4.40. The van der Waals surface area contributed by atoms with Gasteiger partial charge in [-0.15, -0.1) is 0 Å². The minimum absolute atomic E-state index is 0.0246. The molecule has 0 bridgehead atoms. The molecule has 0 atom stereocenters. The second-order valence-electron chi connectivity index (χ2n) is 4.21. The van der Waals surface area contributed by atoms with E-state index in [1.807, 2.05) is 0 Å². The fraction of sp³-hybridized carbons (Fsp3) is 0.400. The van der Waals surface area contributed by atoms with Crippen LogP contribution in [0.1, 0.15) is 13.8 Å². The fourth-order valence-corrected chi connectivity index (χ4v) is 1.92. The average molecular weight is 244 g/mol.